The molecule has 90 valence electrons. The van der Waals surface area contributed by atoms with Gasteiger partial charge in [-0.05, 0) is 32.0 Å². The van der Waals surface area contributed by atoms with Crippen LogP contribution in [0.15, 0.2) is 22.7 Å². The Hall–Kier alpha value is -0.410. The number of hydrogen-bond acceptors (Lipinski definition) is 1. The van der Waals surface area contributed by atoms with Crippen molar-refractivity contribution in [1.29, 1.82) is 0 Å². The molecule has 3 heteroatoms. The number of hydrogen-bond donors (Lipinski definition) is 0. The average Bonchev–Trinajstić information content (AvgIpc) is 2.27. The molecule has 1 atom stereocenters. The van der Waals surface area contributed by atoms with Crippen LogP contribution in [0.5, 0.6) is 0 Å². The van der Waals surface area contributed by atoms with E-state index in [4.69, 9.17) is 0 Å². The maximum Gasteiger partial charge on any atom is 0.128 e. The third-order valence-corrected chi connectivity index (χ3v) is 3.50. The number of benzene rings is 1. The molecule has 0 heterocycles. The summed E-state index contributed by atoms with van der Waals surface area (Å²) in [5.74, 6) is -0.129. The summed E-state index contributed by atoms with van der Waals surface area (Å²) in [4.78, 5) is 2.28. The van der Waals surface area contributed by atoms with Crippen molar-refractivity contribution in [2.24, 2.45) is 0 Å². The predicted octanol–water partition coefficient (Wildman–Crippen LogP) is 4.21. The van der Waals surface area contributed by atoms with Gasteiger partial charge in [0.1, 0.15) is 5.82 Å². The zero-order valence-electron chi connectivity index (χ0n) is 10.1. The lowest BCUT2D eigenvalue weighted by Crippen LogP contribution is -2.32. The van der Waals surface area contributed by atoms with Crippen LogP contribution in [-0.4, -0.2) is 17.5 Å². The van der Waals surface area contributed by atoms with Crippen LogP contribution in [0.1, 0.15) is 32.8 Å². The van der Waals surface area contributed by atoms with E-state index in [1.54, 1.807) is 0 Å². The van der Waals surface area contributed by atoms with E-state index in [2.05, 4.69) is 41.6 Å². The summed E-state index contributed by atoms with van der Waals surface area (Å²) in [6, 6.07) is 5.76. The molecule has 0 radical (unpaired) electrons. The highest BCUT2D eigenvalue weighted by atomic mass is 79.9. The quantitative estimate of drug-likeness (QED) is 0.784. The molecule has 0 aliphatic carbocycles. The van der Waals surface area contributed by atoms with E-state index < -0.39 is 0 Å². The minimum atomic E-state index is -0.129. The van der Waals surface area contributed by atoms with Crippen LogP contribution in [0, 0.1) is 5.82 Å². The number of nitrogens with zero attached hydrogens (tertiary/aromatic N) is 1. The Kier molecular flexibility index (Phi) is 5.42. The van der Waals surface area contributed by atoms with E-state index >= 15 is 0 Å². The van der Waals surface area contributed by atoms with Crippen molar-refractivity contribution in [3.05, 3.63) is 34.1 Å². The van der Waals surface area contributed by atoms with Crippen LogP contribution in [-0.2, 0) is 6.54 Å². The molecule has 1 rings (SSSR count). The zero-order valence-corrected chi connectivity index (χ0v) is 11.7. The summed E-state index contributed by atoms with van der Waals surface area (Å²) in [5, 5.41) is 0. The number of rotatable bonds is 5. The Morgan fingerprint density at radius 3 is 2.56 bits per heavy atom. The van der Waals surface area contributed by atoms with Crippen LogP contribution < -0.4 is 0 Å². The van der Waals surface area contributed by atoms with Crippen molar-refractivity contribution in [3.63, 3.8) is 0 Å². The van der Waals surface area contributed by atoms with Gasteiger partial charge in [-0.3, -0.25) is 4.90 Å². The van der Waals surface area contributed by atoms with Gasteiger partial charge in [-0.25, -0.2) is 4.39 Å². The summed E-state index contributed by atoms with van der Waals surface area (Å²) in [5.41, 5.74) is 0.769. The summed E-state index contributed by atoms with van der Waals surface area (Å²) in [6.07, 6.45) is 1.09. The van der Waals surface area contributed by atoms with E-state index in [0.29, 0.717) is 12.6 Å². The van der Waals surface area contributed by atoms with Gasteiger partial charge in [0.15, 0.2) is 0 Å². The normalized spacial score (nSPS) is 13.1. The Morgan fingerprint density at radius 1 is 1.38 bits per heavy atom. The molecule has 0 amide bonds. The van der Waals surface area contributed by atoms with Crippen molar-refractivity contribution >= 4 is 15.9 Å². The summed E-state index contributed by atoms with van der Waals surface area (Å²) in [7, 11) is 0. The SMILES string of the molecule is CCC(C)N(CC)Cc1ccc(Br)cc1F. The second-order valence-electron chi connectivity index (χ2n) is 4.06. The standard InChI is InChI=1S/C13H19BrFN/c1-4-10(3)16(5-2)9-11-6-7-12(14)8-13(11)15/h6-8,10H,4-5,9H2,1-3H3. The van der Waals surface area contributed by atoms with Crippen molar-refractivity contribution in [3.8, 4) is 0 Å². The second-order valence-corrected chi connectivity index (χ2v) is 4.97. The number of halogens is 2. The van der Waals surface area contributed by atoms with Crippen LogP contribution in [0.2, 0.25) is 0 Å². The van der Waals surface area contributed by atoms with Crippen LogP contribution in [0.3, 0.4) is 0 Å². The van der Waals surface area contributed by atoms with E-state index in [0.717, 1.165) is 23.0 Å². The molecule has 0 fully saturated rings. The Balaban J connectivity index is 2.78. The lowest BCUT2D eigenvalue weighted by Gasteiger charge is -2.27. The zero-order chi connectivity index (χ0) is 12.1. The molecule has 1 aromatic rings. The molecule has 16 heavy (non-hydrogen) atoms. The molecule has 1 unspecified atom stereocenters. The summed E-state index contributed by atoms with van der Waals surface area (Å²) in [6.45, 7) is 8.09. The van der Waals surface area contributed by atoms with E-state index in [1.807, 2.05) is 12.1 Å². The fraction of sp³-hybridized carbons (Fsp3) is 0.538. The first kappa shape index (κ1) is 13.7. The van der Waals surface area contributed by atoms with Crippen molar-refractivity contribution in [2.45, 2.75) is 39.8 Å². The highest BCUT2D eigenvalue weighted by Crippen LogP contribution is 2.18. The monoisotopic (exact) mass is 287 g/mol. The molecular formula is C13H19BrFN. The molecule has 0 saturated heterocycles. The van der Waals surface area contributed by atoms with Gasteiger partial charge in [0, 0.05) is 22.6 Å². The van der Waals surface area contributed by atoms with Crippen molar-refractivity contribution in [2.75, 3.05) is 6.54 Å². The second kappa shape index (κ2) is 6.36. The average molecular weight is 288 g/mol. The highest BCUT2D eigenvalue weighted by molar-refractivity contribution is 9.10. The first-order chi connectivity index (χ1) is 7.58. The minimum Gasteiger partial charge on any atom is -0.297 e. The molecule has 0 spiro atoms. The van der Waals surface area contributed by atoms with E-state index in [-0.39, 0.29) is 5.82 Å². The molecule has 1 nitrogen and oxygen atoms in total. The molecule has 0 N–H and O–H groups in total. The molecule has 0 bridgehead atoms. The maximum absolute atomic E-state index is 13.7. The van der Waals surface area contributed by atoms with Gasteiger partial charge < -0.3 is 0 Å². The van der Waals surface area contributed by atoms with Crippen LogP contribution in [0.25, 0.3) is 0 Å². The lowest BCUT2D eigenvalue weighted by atomic mass is 10.1. The van der Waals surface area contributed by atoms with Gasteiger partial charge in [-0.15, -0.1) is 0 Å². The van der Waals surface area contributed by atoms with Crippen LogP contribution in [0.4, 0.5) is 4.39 Å². The Bertz CT molecular complexity index is 341. The minimum absolute atomic E-state index is 0.129. The van der Waals surface area contributed by atoms with Gasteiger partial charge >= 0.3 is 0 Å². The summed E-state index contributed by atoms with van der Waals surface area (Å²) >= 11 is 3.27. The van der Waals surface area contributed by atoms with Gasteiger partial charge in [-0.1, -0.05) is 35.8 Å². The van der Waals surface area contributed by atoms with Gasteiger partial charge in [0.25, 0.3) is 0 Å². The highest BCUT2D eigenvalue weighted by Gasteiger charge is 2.12. The molecule has 0 aromatic heterocycles. The van der Waals surface area contributed by atoms with Crippen LogP contribution >= 0.6 is 15.9 Å². The van der Waals surface area contributed by atoms with Crippen molar-refractivity contribution < 1.29 is 4.39 Å². The fourth-order valence-electron chi connectivity index (χ4n) is 1.71. The molecular weight excluding hydrogens is 269 g/mol. The first-order valence-corrected chi connectivity index (χ1v) is 6.55. The van der Waals surface area contributed by atoms with Gasteiger partial charge in [0.2, 0.25) is 0 Å². The van der Waals surface area contributed by atoms with Gasteiger partial charge in [0.05, 0.1) is 0 Å². The van der Waals surface area contributed by atoms with E-state index in [9.17, 15) is 4.39 Å². The Morgan fingerprint density at radius 2 is 2.06 bits per heavy atom. The van der Waals surface area contributed by atoms with E-state index in [1.165, 1.54) is 6.07 Å². The van der Waals surface area contributed by atoms with Gasteiger partial charge in [-0.2, -0.15) is 0 Å². The lowest BCUT2D eigenvalue weighted by molar-refractivity contribution is 0.203. The molecule has 0 aliphatic rings. The molecule has 0 aliphatic heterocycles. The third-order valence-electron chi connectivity index (χ3n) is 3.01. The smallest absolute Gasteiger partial charge is 0.128 e. The fourth-order valence-corrected chi connectivity index (χ4v) is 2.04. The first-order valence-electron chi connectivity index (χ1n) is 5.76. The molecule has 0 saturated carbocycles. The van der Waals surface area contributed by atoms with Crippen molar-refractivity contribution in [1.82, 2.24) is 4.90 Å². The summed E-state index contributed by atoms with van der Waals surface area (Å²) < 4.78 is 14.4. The topological polar surface area (TPSA) is 3.24 Å². The predicted molar refractivity (Wildman–Crippen MR) is 69.9 cm³/mol. The molecule has 1 aromatic carbocycles. The Labute approximate surface area is 106 Å². The maximum atomic E-state index is 13.7. The third kappa shape index (κ3) is 3.56. The largest absolute Gasteiger partial charge is 0.297 e.